The Morgan fingerprint density at radius 2 is 1.95 bits per heavy atom. The van der Waals surface area contributed by atoms with Crippen LogP contribution in [0.15, 0.2) is 34.8 Å². The molecule has 0 atom stereocenters. The molecule has 0 aliphatic rings. The largest absolute Gasteiger partial charge is 0.369 e. The van der Waals surface area contributed by atoms with Crippen molar-refractivity contribution in [3.05, 3.63) is 52.0 Å². The number of nitrogens with zero attached hydrogens (tertiary/aromatic N) is 2. The number of aromatic nitrogens is 2. The molecule has 0 amide bonds. The van der Waals surface area contributed by atoms with Crippen molar-refractivity contribution in [1.82, 2.24) is 9.55 Å². The van der Waals surface area contributed by atoms with Crippen molar-refractivity contribution >= 4 is 32.9 Å². The molecular weight excluding hydrogens is 328 g/mol. The summed E-state index contributed by atoms with van der Waals surface area (Å²) in [6, 6.07) is 7.63. The molecule has 102 valence electrons. The van der Waals surface area contributed by atoms with Gasteiger partial charge in [-0.15, -0.1) is 0 Å². The molecule has 2 aromatic carbocycles. The van der Waals surface area contributed by atoms with Gasteiger partial charge < -0.3 is 5.73 Å². The average Bonchev–Trinajstić information content (AvgIpc) is 2.69. The standard InChI is InChI=1S/C14H10BrF2N3/c1-7-2-3-8(15)4-11(7)20-12-6-9(16)5-10(17)13(12)19-14(20)18/h2-6H,1H3,(H2,18,19). The van der Waals surface area contributed by atoms with Crippen LogP contribution in [0.3, 0.4) is 0 Å². The number of nitrogens with two attached hydrogens (primary N) is 1. The second kappa shape index (κ2) is 4.56. The van der Waals surface area contributed by atoms with Crippen LogP contribution in [0, 0.1) is 18.6 Å². The lowest BCUT2D eigenvalue weighted by atomic mass is 10.2. The molecule has 1 aromatic heterocycles. The summed E-state index contributed by atoms with van der Waals surface area (Å²) < 4.78 is 29.6. The van der Waals surface area contributed by atoms with Crippen molar-refractivity contribution in [2.45, 2.75) is 6.92 Å². The lowest BCUT2D eigenvalue weighted by molar-refractivity contribution is 0.590. The highest BCUT2D eigenvalue weighted by Gasteiger charge is 2.16. The first kappa shape index (κ1) is 13.1. The van der Waals surface area contributed by atoms with Crippen LogP contribution >= 0.6 is 15.9 Å². The Morgan fingerprint density at radius 3 is 2.70 bits per heavy atom. The molecule has 6 heteroatoms. The van der Waals surface area contributed by atoms with Gasteiger partial charge in [-0.2, -0.15) is 0 Å². The molecule has 3 rings (SSSR count). The van der Waals surface area contributed by atoms with Gasteiger partial charge in [0.05, 0.1) is 11.2 Å². The van der Waals surface area contributed by atoms with E-state index in [2.05, 4.69) is 20.9 Å². The molecule has 0 unspecified atom stereocenters. The van der Waals surface area contributed by atoms with Crippen molar-refractivity contribution in [1.29, 1.82) is 0 Å². The van der Waals surface area contributed by atoms with Crippen molar-refractivity contribution in [3.63, 3.8) is 0 Å². The van der Waals surface area contributed by atoms with E-state index in [0.29, 0.717) is 5.52 Å². The summed E-state index contributed by atoms with van der Waals surface area (Å²) in [5, 5.41) is 0. The summed E-state index contributed by atoms with van der Waals surface area (Å²) >= 11 is 3.38. The number of halogens is 3. The zero-order valence-corrected chi connectivity index (χ0v) is 12.1. The summed E-state index contributed by atoms with van der Waals surface area (Å²) in [5.74, 6) is -1.27. The number of hydrogen-bond donors (Lipinski definition) is 1. The van der Waals surface area contributed by atoms with E-state index >= 15 is 0 Å². The second-order valence-corrected chi connectivity index (χ2v) is 5.41. The first-order valence-electron chi connectivity index (χ1n) is 5.87. The van der Waals surface area contributed by atoms with Gasteiger partial charge in [0.2, 0.25) is 5.95 Å². The van der Waals surface area contributed by atoms with E-state index in [-0.39, 0.29) is 11.5 Å². The third-order valence-electron chi connectivity index (χ3n) is 3.12. The van der Waals surface area contributed by atoms with E-state index in [4.69, 9.17) is 5.73 Å². The number of anilines is 1. The van der Waals surface area contributed by atoms with Crippen LogP contribution in [0.2, 0.25) is 0 Å². The van der Waals surface area contributed by atoms with Crippen LogP contribution in [0.5, 0.6) is 0 Å². The molecule has 1 heterocycles. The predicted molar refractivity (Wildman–Crippen MR) is 77.8 cm³/mol. The fourth-order valence-electron chi connectivity index (χ4n) is 2.20. The molecule has 20 heavy (non-hydrogen) atoms. The van der Waals surface area contributed by atoms with Crippen LogP contribution in [0.4, 0.5) is 14.7 Å². The van der Waals surface area contributed by atoms with Crippen molar-refractivity contribution < 1.29 is 8.78 Å². The van der Waals surface area contributed by atoms with Crippen molar-refractivity contribution in [2.75, 3.05) is 5.73 Å². The molecular formula is C14H10BrF2N3. The number of fused-ring (bicyclic) bond motifs is 1. The molecule has 0 aliphatic heterocycles. The summed E-state index contributed by atoms with van der Waals surface area (Å²) in [6.45, 7) is 1.89. The Kier molecular flexibility index (Phi) is 2.97. The lowest BCUT2D eigenvalue weighted by Gasteiger charge is -2.10. The smallest absolute Gasteiger partial charge is 0.206 e. The molecule has 3 aromatic rings. The quantitative estimate of drug-likeness (QED) is 0.730. The number of benzene rings is 2. The average molecular weight is 338 g/mol. The molecule has 0 bridgehead atoms. The summed E-state index contributed by atoms with van der Waals surface area (Å²) in [7, 11) is 0. The van der Waals surface area contributed by atoms with Crippen LogP contribution in [0.1, 0.15) is 5.56 Å². The SMILES string of the molecule is Cc1ccc(Br)cc1-n1c(N)nc2c(F)cc(F)cc21. The van der Waals surface area contributed by atoms with E-state index in [9.17, 15) is 8.78 Å². The van der Waals surface area contributed by atoms with Gasteiger partial charge in [-0.25, -0.2) is 13.8 Å². The highest BCUT2D eigenvalue weighted by atomic mass is 79.9. The highest BCUT2D eigenvalue weighted by molar-refractivity contribution is 9.10. The number of rotatable bonds is 1. The van der Waals surface area contributed by atoms with E-state index in [1.165, 1.54) is 6.07 Å². The van der Waals surface area contributed by atoms with Gasteiger partial charge in [0.15, 0.2) is 5.82 Å². The number of aryl methyl sites for hydroxylation is 1. The first-order valence-corrected chi connectivity index (χ1v) is 6.66. The molecule has 0 radical (unpaired) electrons. The van der Waals surface area contributed by atoms with Crippen LogP contribution in [0.25, 0.3) is 16.7 Å². The van der Waals surface area contributed by atoms with Gasteiger partial charge in [0, 0.05) is 16.6 Å². The Hall–Kier alpha value is -1.95. The molecule has 2 N–H and O–H groups in total. The van der Waals surface area contributed by atoms with Gasteiger partial charge in [0.25, 0.3) is 0 Å². The van der Waals surface area contributed by atoms with E-state index in [0.717, 1.165) is 21.8 Å². The zero-order chi connectivity index (χ0) is 14.4. The third-order valence-corrected chi connectivity index (χ3v) is 3.61. The van der Waals surface area contributed by atoms with Gasteiger partial charge in [-0.3, -0.25) is 4.57 Å². The molecule has 0 saturated heterocycles. The first-order chi connectivity index (χ1) is 9.47. The van der Waals surface area contributed by atoms with Crippen molar-refractivity contribution in [3.8, 4) is 5.69 Å². The van der Waals surface area contributed by atoms with Gasteiger partial charge in [0.1, 0.15) is 11.3 Å². The minimum Gasteiger partial charge on any atom is -0.369 e. The number of imidazole rings is 1. The molecule has 0 fully saturated rings. The minimum atomic E-state index is -0.724. The van der Waals surface area contributed by atoms with Crippen LogP contribution in [-0.4, -0.2) is 9.55 Å². The predicted octanol–water partition coefficient (Wildman–Crippen LogP) is 3.96. The fraction of sp³-hybridized carbons (Fsp3) is 0.0714. The van der Waals surface area contributed by atoms with E-state index < -0.39 is 11.6 Å². The summed E-state index contributed by atoms with van der Waals surface area (Å²) in [4.78, 5) is 3.98. The Labute approximate surface area is 122 Å². The Balaban J connectivity index is 2.42. The monoisotopic (exact) mass is 337 g/mol. The molecule has 0 saturated carbocycles. The third kappa shape index (κ3) is 1.96. The minimum absolute atomic E-state index is 0.0586. The van der Waals surface area contributed by atoms with Crippen LogP contribution in [-0.2, 0) is 0 Å². The maximum absolute atomic E-state index is 13.8. The topological polar surface area (TPSA) is 43.8 Å². The molecule has 3 nitrogen and oxygen atoms in total. The maximum atomic E-state index is 13.8. The highest BCUT2D eigenvalue weighted by Crippen LogP contribution is 2.29. The molecule has 0 aliphatic carbocycles. The zero-order valence-electron chi connectivity index (χ0n) is 10.5. The van der Waals surface area contributed by atoms with E-state index in [1.807, 2.05) is 25.1 Å². The van der Waals surface area contributed by atoms with Gasteiger partial charge in [-0.1, -0.05) is 22.0 Å². The Bertz CT molecular complexity index is 827. The number of nitrogen functional groups attached to an aromatic ring is 1. The van der Waals surface area contributed by atoms with Crippen LogP contribution < -0.4 is 5.73 Å². The van der Waals surface area contributed by atoms with Crippen molar-refractivity contribution in [2.24, 2.45) is 0 Å². The van der Waals surface area contributed by atoms with E-state index in [1.54, 1.807) is 4.57 Å². The van der Waals surface area contributed by atoms with Gasteiger partial charge in [-0.05, 0) is 24.6 Å². The fourth-order valence-corrected chi connectivity index (χ4v) is 2.55. The summed E-state index contributed by atoms with van der Waals surface area (Å²) in [6.07, 6.45) is 0. The lowest BCUT2D eigenvalue weighted by Crippen LogP contribution is -2.02. The maximum Gasteiger partial charge on any atom is 0.206 e. The normalized spacial score (nSPS) is 11.2. The molecule has 0 spiro atoms. The Morgan fingerprint density at radius 1 is 1.20 bits per heavy atom. The second-order valence-electron chi connectivity index (χ2n) is 4.49. The number of hydrogen-bond acceptors (Lipinski definition) is 2. The van der Waals surface area contributed by atoms with Gasteiger partial charge >= 0.3 is 0 Å². The summed E-state index contributed by atoms with van der Waals surface area (Å²) in [5.41, 5.74) is 7.88.